The summed E-state index contributed by atoms with van der Waals surface area (Å²) in [5.41, 5.74) is 1.68. The second-order valence-electron chi connectivity index (χ2n) is 5.25. The van der Waals surface area contributed by atoms with Crippen LogP contribution in [0.25, 0.3) is 11.3 Å². The summed E-state index contributed by atoms with van der Waals surface area (Å²) < 4.78 is 25.7. The van der Waals surface area contributed by atoms with Crippen LogP contribution in [-0.4, -0.2) is 29.1 Å². The van der Waals surface area contributed by atoms with Crippen LogP contribution in [0.4, 0.5) is 0 Å². The molecule has 5 nitrogen and oxygen atoms in total. The zero-order valence-corrected chi connectivity index (χ0v) is 13.5. The molecule has 114 valence electrons. The third kappa shape index (κ3) is 2.81. The van der Waals surface area contributed by atoms with Gasteiger partial charge in [0.2, 0.25) is 0 Å². The molecule has 21 heavy (non-hydrogen) atoms. The predicted molar refractivity (Wildman–Crippen MR) is 82.2 cm³/mol. The van der Waals surface area contributed by atoms with Crippen LogP contribution in [0.2, 0.25) is 0 Å². The van der Waals surface area contributed by atoms with Crippen molar-refractivity contribution >= 4 is 9.84 Å². The van der Waals surface area contributed by atoms with Gasteiger partial charge >= 0.3 is 0 Å². The molecule has 1 heterocycles. The molecule has 2 rings (SSSR count). The van der Waals surface area contributed by atoms with E-state index < -0.39 is 9.84 Å². The monoisotopic (exact) mass is 308 g/mol. The van der Waals surface area contributed by atoms with Crippen LogP contribution in [-0.2, 0) is 9.84 Å². The van der Waals surface area contributed by atoms with Crippen molar-refractivity contribution in [1.29, 1.82) is 0 Å². The topological polar surface area (TPSA) is 72.2 Å². The fourth-order valence-electron chi connectivity index (χ4n) is 2.21. The molecule has 0 spiro atoms. The largest absolute Gasteiger partial charge is 0.504 e. The van der Waals surface area contributed by atoms with Gasteiger partial charge in [-0.05, 0) is 32.9 Å². The molecule has 1 aromatic carbocycles. The third-order valence-electron chi connectivity index (χ3n) is 3.45. The Morgan fingerprint density at radius 1 is 1.33 bits per heavy atom. The summed E-state index contributed by atoms with van der Waals surface area (Å²) in [6.45, 7) is 7.35. The predicted octanol–water partition coefficient (Wildman–Crippen LogP) is 2.94. The Labute approximate surface area is 125 Å². The number of rotatable bonds is 4. The maximum Gasteiger partial charge on any atom is 0.178 e. The maximum absolute atomic E-state index is 12.0. The second kappa shape index (κ2) is 5.52. The average Bonchev–Trinajstić information content (AvgIpc) is 2.76. The molecular weight excluding hydrogens is 288 g/mol. The van der Waals surface area contributed by atoms with Crippen molar-refractivity contribution in [2.45, 2.75) is 38.6 Å². The van der Waals surface area contributed by atoms with Crippen molar-refractivity contribution in [3.63, 3.8) is 0 Å². The van der Waals surface area contributed by atoms with Crippen LogP contribution in [0, 0.1) is 6.92 Å². The van der Waals surface area contributed by atoms with Crippen molar-refractivity contribution in [3.05, 3.63) is 30.0 Å². The van der Waals surface area contributed by atoms with Crippen molar-refractivity contribution < 1.29 is 13.5 Å². The van der Waals surface area contributed by atoms with E-state index in [1.165, 1.54) is 0 Å². The first kappa shape index (κ1) is 15.6. The molecule has 1 N–H and O–H groups in total. The van der Waals surface area contributed by atoms with Gasteiger partial charge in [-0.25, -0.2) is 8.42 Å². The van der Waals surface area contributed by atoms with Crippen LogP contribution in [0.3, 0.4) is 0 Å². The fourth-order valence-corrected chi connectivity index (χ4v) is 3.14. The molecule has 0 unspecified atom stereocenters. The Morgan fingerprint density at radius 3 is 2.52 bits per heavy atom. The standard InChI is InChI=1S/C15H20N2O3S/c1-5-21(19,20)13-8-6-7-12(9-13)14-15(18)11(4)17(16-14)10(2)3/h6-10,18H,5H2,1-4H3. The van der Waals surface area contributed by atoms with E-state index in [0.29, 0.717) is 17.0 Å². The molecular formula is C15H20N2O3S. The van der Waals surface area contributed by atoms with Crippen molar-refractivity contribution in [2.24, 2.45) is 0 Å². The lowest BCUT2D eigenvalue weighted by atomic mass is 10.1. The number of aromatic hydroxyl groups is 1. The molecule has 6 heteroatoms. The summed E-state index contributed by atoms with van der Waals surface area (Å²) in [6.07, 6.45) is 0. The Hall–Kier alpha value is -1.82. The van der Waals surface area contributed by atoms with Crippen LogP contribution >= 0.6 is 0 Å². The zero-order chi connectivity index (χ0) is 15.8. The van der Waals surface area contributed by atoms with Gasteiger partial charge in [0.15, 0.2) is 15.6 Å². The number of benzene rings is 1. The molecule has 0 aliphatic rings. The lowest BCUT2D eigenvalue weighted by Crippen LogP contribution is -2.05. The van der Waals surface area contributed by atoms with Gasteiger partial charge in [-0.15, -0.1) is 0 Å². The highest BCUT2D eigenvalue weighted by Gasteiger charge is 2.19. The molecule has 0 bridgehead atoms. The molecule has 0 amide bonds. The third-order valence-corrected chi connectivity index (χ3v) is 5.19. The van der Waals surface area contributed by atoms with E-state index in [9.17, 15) is 13.5 Å². The molecule has 0 fully saturated rings. The zero-order valence-electron chi connectivity index (χ0n) is 12.7. The summed E-state index contributed by atoms with van der Waals surface area (Å²) in [5.74, 6) is 0.136. The minimum atomic E-state index is -3.28. The normalized spacial score (nSPS) is 12.0. The first-order chi connectivity index (χ1) is 9.77. The van der Waals surface area contributed by atoms with Gasteiger partial charge in [0, 0.05) is 11.6 Å². The van der Waals surface area contributed by atoms with Crippen molar-refractivity contribution in [3.8, 4) is 17.0 Å². The number of sulfone groups is 1. The molecule has 0 saturated carbocycles. The molecule has 0 atom stereocenters. The first-order valence-corrected chi connectivity index (χ1v) is 8.54. The Morgan fingerprint density at radius 2 is 2.00 bits per heavy atom. The van der Waals surface area contributed by atoms with E-state index in [4.69, 9.17) is 0 Å². The summed E-state index contributed by atoms with van der Waals surface area (Å²) >= 11 is 0. The van der Waals surface area contributed by atoms with Crippen LogP contribution in [0.1, 0.15) is 32.5 Å². The van der Waals surface area contributed by atoms with E-state index in [1.54, 1.807) is 42.8 Å². The highest BCUT2D eigenvalue weighted by molar-refractivity contribution is 7.91. The van der Waals surface area contributed by atoms with E-state index in [0.717, 1.165) is 0 Å². The van der Waals surface area contributed by atoms with Crippen molar-refractivity contribution in [1.82, 2.24) is 9.78 Å². The van der Waals surface area contributed by atoms with Gasteiger partial charge in [0.1, 0.15) is 5.69 Å². The van der Waals surface area contributed by atoms with Gasteiger partial charge in [0.25, 0.3) is 0 Å². The minimum Gasteiger partial charge on any atom is -0.504 e. The molecule has 0 saturated heterocycles. The number of hydrogen-bond donors (Lipinski definition) is 1. The second-order valence-corrected chi connectivity index (χ2v) is 7.53. The van der Waals surface area contributed by atoms with Gasteiger partial charge in [0.05, 0.1) is 16.3 Å². The molecule has 0 aliphatic carbocycles. The Bertz CT molecular complexity index is 761. The first-order valence-electron chi connectivity index (χ1n) is 6.89. The maximum atomic E-state index is 12.0. The van der Waals surface area contributed by atoms with Gasteiger partial charge < -0.3 is 5.11 Å². The summed E-state index contributed by atoms with van der Waals surface area (Å²) in [7, 11) is -3.28. The highest BCUT2D eigenvalue weighted by atomic mass is 32.2. The Balaban J connectivity index is 2.59. The molecule has 1 aromatic heterocycles. The van der Waals surface area contributed by atoms with Gasteiger partial charge in [-0.3, -0.25) is 4.68 Å². The summed E-state index contributed by atoms with van der Waals surface area (Å²) in [4.78, 5) is 0.249. The van der Waals surface area contributed by atoms with Crippen LogP contribution in [0.15, 0.2) is 29.2 Å². The highest BCUT2D eigenvalue weighted by Crippen LogP contribution is 2.33. The summed E-state index contributed by atoms with van der Waals surface area (Å²) in [5, 5.41) is 14.6. The van der Waals surface area contributed by atoms with E-state index in [1.807, 2.05) is 13.8 Å². The lowest BCUT2D eigenvalue weighted by molar-refractivity contribution is 0.461. The fraction of sp³-hybridized carbons (Fsp3) is 0.400. The van der Waals surface area contributed by atoms with Gasteiger partial charge in [-0.2, -0.15) is 5.10 Å². The summed E-state index contributed by atoms with van der Waals surface area (Å²) in [6, 6.07) is 6.66. The van der Waals surface area contributed by atoms with Gasteiger partial charge in [-0.1, -0.05) is 19.1 Å². The van der Waals surface area contributed by atoms with E-state index in [2.05, 4.69) is 5.10 Å². The molecule has 2 aromatic rings. The van der Waals surface area contributed by atoms with Crippen LogP contribution < -0.4 is 0 Å². The van der Waals surface area contributed by atoms with E-state index in [-0.39, 0.29) is 22.4 Å². The average molecular weight is 308 g/mol. The minimum absolute atomic E-state index is 0.0435. The number of aromatic nitrogens is 2. The SMILES string of the molecule is CCS(=O)(=O)c1cccc(-c2nn(C(C)C)c(C)c2O)c1. The quantitative estimate of drug-likeness (QED) is 0.942. The number of nitrogens with zero attached hydrogens (tertiary/aromatic N) is 2. The lowest BCUT2D eigenvalue weighted by Gasteiger charge is -2.06. The Kier molecular flexibility index (Phi) is 4.09. The van der Waals surface area contributed by atoms with E-state index >= 15 is 0 Å². The molecule has 0 radical (unpaired) electrons. The molecule has 0 aliphatic heterocycles. The smallest absolute Gasteiger partial charge is 0.178 e. The van der Waals surface area contributed by atoms with Crippen molar-refractivity contribution in [2.75, 3.05) is 5.75 Å². The van der Waals surface area contributed by atoms with Crippen LogP contribution in [0.5, 0.6) is 5.75 Å². The number of hydrogen-bond acceptors (Lipinski definition) is 4.